The molecule has 0 bridgehead atoms. The monoisotopic (exact) mass is 305 g/mol. The van der Waals surface area contributed by atoms with Crippen LogP contribution in [0.15, 0.2) is 34.9 Å². The highest BCUT2D eigenvalue weighted by Crippen LogP contribution is 2.03. The number of carbonyl (C=O) groups is 2. The molecule has 0 fully saturated rings. The number of benzene rings is 1. The predicted octanol–water partition coefficient (Wildman–Crippen LogP) is 1.21. The van der Waals surface area contributed by atoms with Crippen LogP contribution < -0.4 is 10.6 Å². The molecule has 0 atom stereocenters. The van der Waals surface area contributed by atoms with E-state index >= 15 is 0 Å². The fourth-order valence-electron chi connectivity index (χ4n) is 1.79. The molecule has 7 heteroatoms. The number of aryl methyl sites for hydroxylation is 1. The molecule has 6 nitrogen and oxygen atoms in total. The van der Waals surface area contributed by atoms with Crippen molar-refractivity contribution < 1.29 is 18.5 Å². The molecule has 2 rings (SSSR count). The average Bonchev–Trinajstić information content (AvgIpc) is 2.92. The fraction of sp³-hybridized carbons (Fsp3) is 0.267. The normalized spacial score (nSPS) is 10.3. The first-order chi connectivity index (χ1) is 10.5. The van der Waals surface area contributed by atoms with Crippen LogP contribution in [0.3, 0.4) is 0 Å². The Labute approximate surface area is 126 Å². The van der Waals surface area contributed by atoms with Crippen molar-refractivity contribution in [3.05, 3.63) is 53.2 Å². The minimum atomic E-state index is -0.357. The number of rotatable bonds is 6. The molecule has 0 saturated heterocycles. The van der Waals surface area contributed by atoms with E-state index in [0.29, 0.717) is 12.3 Å². The van der Waals surface area contributed by atoms with Crippen LogP contribution in [-0.2, 0) is 11.2 Å². The zero-order valence-corrected chi connectivity index (χ0v) is 12.1. The second-order valence-electron chi connectivity index (χ2n) is 4.73. The number of hydrogen-bond acceptors (Lipinski definition) is 4. The second-order valence-corrected chi connectivity index (χ2v) is 4.73. The van der Waals surface area contributed by atoms with Gasteiger partial charge in [-0.25, -0.2) is 4.39 Å². The summed E-state index contributed by atoms with van der Waals surface area (Å²) >= 11 is 0. The first-order valence-corrected chi connectivity index (χ1v) is 6.77. The number of hydrogen-bond donors (Lipinski definition) is 2. The maximum Gasteiger partial charge on any atom is 0.273 e. The van der Waals surface area contributed by atoms with Gasteiger partial charge in [-0.3, -0.25) is 9.59 Å². The first-order valence-electron chi connectivity index (χ1n) is 6.77. The molecule has 22 heavy (non-hydrogen) atoms. The van der Waals surface area contributed by atoms with Crippen molar-refractivity contribution in [3.8, 4) is 0 Å². The summed E-state index contributed by atoms with van der Waals surface area (Å²) in [5.74, 6) is -0.338. The van der Waals surface area contributed by atoms with Gasteiger partial charge in [0.05, 0.1) is 6.42 Å². The van der Waals surface area contributed by atoms with Crippen molar-refractivity contribution in [3.63, 3.8) is 0 Å². The van der Waals surface area contributed by atoms with Crippen LogP contribution >= 0.6 is 0 Å². The van der Waals surface area contributed by atoms with Crippen LogP contribution in [-0.4, -0.2) is 30.1 Å². The molecule has 0 aliphatic carbocycles. The van der Waals surface area contributed by atoms with Crippen LogP contribution in [0.2, 0.25) is 0 Å². The van der Waals surface area contributed by atoms with Gasteiger partial charge in [0.2, 0.25) is 5.91 Å². The highest BCUT2D eigenvalue weighted by Gasteiger charge is 2.10. The Hall–Kier alpha value is -2.70. The molecule has 2 amide bonds. The molecule has 1 aromatic carbocycles. The molecule has 0 spiro atoms. The third-order valence-electron chi connectivity index (χ3n) is 2.87. The molecular formula is C15H16FN3O3. The van der Waals surface area contributed by atoms with Gasteiger partial charge in [0.15, 0.2) is 5.69 Å². The van der Waals surface area contributed by atoms with Crippen molar-refractivity contribution in [2.45, 2.75) is 13.3 Å². The van der Waals surface area contributed by atoms with Gasteiger partial charge in [-0.2, -0.15) is 0 Å². The molecule has 1 aromatic heterocycles. The third kappa shape index (κ3) is 4.69. The Morgan fingerprint density at radius 2 is 1.86 bits per heavy atom. The Morgan fingerprint density at radius 3 is 2.50 bits per heavy atom. The molecule has 0 aliphatic heterocycles. The standard InChI is InChI=1S/C15H16FN3O3/c1-10-8-13(19-22-10)15(21)18-7-6-17-14(20)9-11-2-4-12(16)5-3-11/h2-5,8H,6-7,9H2,1H3,(H,17,20)(H,18,21). The third-order valence-corrected chi connectivity index (χ3v) is 2.87. The second kappa shape index (κ2) is 7.35. The lowest BCUT2D eigenvalue weighted by Crippen LogP contribution is -2.35. The van der Waals surface area contributed by atoms with Crippen LogP contribution in [0.5, 0.6) is 0 Å². The summed E-state index contributed by atoms with van der Waals surface area (Å²) in [6.45, 7) is 2.27. The van der Waals surface area contributed by atoms with Crippen molar-refractivity contribution in [1.82, 2.24) is 15.8 Å². The molecule has 0 saturated carbocycles. The fourth-order valence-corrected chi connectivity index (χ4v) is 1.79. The quantitative estimate of drug-likeness (QED) is 0.786. The summed E-state index contributed by atoms with van der Waals surface area (Å²) in [6.07, 6.45) is 0.163. The van der Waals surface area contributed by atoms with Gasteiger partial charge in [0, 0.05) is 19.2 Å². The van der Waals surface area contributed by atoms with Crippen molar-refractivity contribution in [2.75, 3.05) is 13.1 Å². The van der Waals surface area contributed by atoms with E-state index < -0.39 is 0 Å². The highest BCUT2D eigenvalue weighted by molar-refractivity contribution is 5.92. The van der Waals surface area contributed by atoms with Crippen molar-refractivity contribution >= 4 is 11.8 Å². The van der Waals surface area contributed by atoms with E-state index in [1.54, 1.807) is 19.1 Å². The number of nitrogens with one attached hydrogen (secondary N) is 2. The molecule has 0 radical (unpaired) electrons. The lowest BCUT2D eigenvalue weighted by Gasteiger charge is -2.06. The molecule has 0 unspecified atom stereocenters. The van der Waals surface area contributed by atoms with Gasteiger partial charge >= 0.3 is 0 Å². The topological polar surface area (TPSA) is 84.2 Å². The number of halogens is 1. The lowest BCUT2D eigenvalue weighted by molar-refractivity contribution is -0.120. The van der Waals surface area contributed by atoms with Gasteiger partial charge in [0.25, 0.3) is 5.91 Å². The number of nitrogens with zero attached hydrogens (tertiary/aromatic N) is 1. The SMILES string of the molecule is Cc1cc(C(=O)NCCNC(=O)Cc2ccc(F)cc2)no1. The van der Waals surface area contributed by atoms with E-state index in [1.165, 1.54) is 18.2 Å². The number of carbonyl (C=O) groups excluding carboxylic acids is 2. The largest absolute Gasteiger partial charge is 0.361 e. The summed E-state index contributed by atoms with van der Waals surface area (Å²) in [5.41, 5.74) is 0.927. The van der Waals surface area contributed by atoms with E-state index in [4.69, 9.17) is 4.52 Å². The van der Waals surface area contributed by atoms with E-state index in [0.717, 1.165) is 5.56 Å². The van der Waals surface area contributed by atoms with Gasteiger partial charge in [-0.15, -0.1) is 0 Å². The number of amides is 2. The molecule has 1 heterocycles. The summed E-state index contributed by atoms with van der Waals surface area (Å²) in [7, 11) is 0. The van der Waals surface area contributed by atoms with Crippen molar-refractivity contribution in [1.29, 1.82) is 0 Å². The zero-order valence-electron chi connectivity index (χ0n) is 12.1. The summed E-state index contributed by atoms with van der Waals surface area (Å²) in [5, 5.41) is 8.87. The Kier molecular flexibility index (Phi) is 5.24. The molecule has 2 aromatic rings. The smallest absolute Gasteiger partial charge is 0.273 e. The maximum atomic E-state index is 12.7. The Balaban J connectivity index is 1.67. The van der Waals surface area contributed by atoms with Crippen LogP contribution in [0.4, 0.5) is 4.39 Å². The first kappa shape index (κ1) is 15.7. The lowest BCUT2D eigenvalue weighted by atomic mass is 10.1. The van der Waals surface area contributed by atoms with Crippen LogP contribution in [0, 0.1) is 12.7 Å². The Morgan fingerprint density at radius 1 is 1.18 bits per heavy atom. The minimum absolute atomic E-state index is 0.163. The molecule has 2 N–H and O–H groups in total. The molecule has 0 aliphatic rings. The predicted molar refractivity (Wildman–Crippen MR) is 76.7 cm³/mol. The summed E-state index contributed by atoms with van der Waals surface area (Å²) in [4.78, 5) is 23.3. The van der Waals surface area contributed by atoms with Gasteiger partial charge < -0.3 is 15.2 Å². The van der Waals surface area contributed by atoms with Crippen LogP contribution in [0.25, 0.3) is 0 Å². The maximum absolute atomic E-state index is 12.7. The number of aromatic nitrogens is 1. The van der Waals surface area contributed by atoms with Gasteiger partial charge in [-0.05, 0) is 24.6 Å². The molecular weight excluding hydrogens is 289 g/mol. The van der Waals surface area contributed by atoms with E-state index in [2.05, 4.69) is 15.8 Å². The summed E-state index contributed by atoms with van der Waals surface area (Å²) in [6, 6.07) is 7.26. The summed E-state index contributed by atoms with van der Waals surface area (Å²) < 4.78 is 17.5. The van der Waals surface area contributed by atoms with Gasteiger partial charge in [-0.1, -0.05) is 17.3 Å². The zero-order chi connectivity index (χ0) is 15.9. The highest BCUT2D eigenvalue weighted by atomic mass is 19.1. The van der Waals surface area contributed by atoms with E-state index in [1.807, 2.05) is 0 Å². The van der Waals surface area contributed by atoms with E-state index in [-0.39, 0.29) is 36.3 Å². The van der Waals surface area contributed by atoms with E-state index in [9.17, 15) is 14.0 Å². The molecule has 116 valence electrons. The van der Waals surface area contributed by atoms with Crippen molar-refractivity contribution in [2.24, 2.45) is 0 Å². The average molecular weight is 305 g/mol. The van der Waals surface area contributed by atoms with Crippen LogP contribution in [0.1, 0.15) is 21.8 Å². The van der Waals surface area contributed by atoms with Gasteiger partial charge in [0.1, 0.15) is 11.6 Å². The Bertz CT molecular complexity index is 652. The minimum Gasteiger partial charge on any atom is -0.361 e.